The van der Waals surface area contributed by atoms with E-state index in [0.29, 0.717) is 17.6 Å². The van der Waals surface area contributed by atoms with Gasteiger partial charge in [0.2, 0.25) is 11.8 Å². The maximum absolute atomic E-state index is 5.62. The average Bonchev–Trinajstić information content (AvgIpc) is 2.47. The predicted octanol–water partition coefficient (Wildman–Crippen LogP) is 2.10. The minimum Gasteiger partial charge on any atom is -0.437 e. The smallest absolute Gasteiger partial charge is 0.240 e. The van der Waals surface area contributed by atoms with Crippen LogP contribution in [0.4, 0.5) is 5.95 Å². The molecule has 6 nitrogen and oxygen atoms in total. The van der Waals surface area contributed by atoms with Crippen LogP contribution < -0.4 is 16.0 Å². The minimum atomic E-state index is 0.297. The van der Waals surface area contributed by atoms with Gasteiger partial charge in [-0.05, 0) is 12.1 Å². The summed E-state index contributed by atoms with van der Waals surface area (Å²) in [6.45, 7) is 0. The number of hydrazine groups is 1. The van der Waals surface area contributed by atoms with Crippen LogP contribution in [-0.4, -0.2) is 15.0 Å². The second-order valence-corrected chi connectivity index (χ2v) is 3.83. The summed E-state index contributed by atoms with van der Waals surface area (Å²) >= 11 is 0. The van der Waals surface area contributed by atoms with Crippen molar-refractivity contribution in [3.05, 3.63) is 48.8 Å². The molecule has 94 valence electrons. The highest BCUT2D eigenvalue weighted by Crippen LogP contribution is 2.22. The number of ether oxygens (including phenoxy) is 1. The van der Waals surface area contributed by atoms with Gasteiger partial charge in [0, 0.05) is 17.6 Å². The van der Waals surface area contributed by atoms with Crippen molar-refractivity contribution in [1.82, 2.24) is 15.0 Å². The van der Waals surface area contributed by atoms with Crippen LogP contribution in [0.2, 0.25) is 0 Å². The van der Waals surface area contributed by atoms with E-state index in [4.69, 9.17) is 10.6 Å². The summed E-state index contributed by atoms with van der Waals surface area (Å²) in [4.78, 5) is 12.3. The number of para-hydroxylation sites is 1. The van der Waals surface area contributed by atoms with Gasteiger partial charge in [0.25, 0.3) is 0 Å². The second kappa shape index (κ2) is 4.87. The molecule has 3 rings (SSSR count). The van der Waals surface area contributed by atoms with Crippen LogP contribution in [0, 0.1) is 0 Å². The highest BCUT2D eigenvalue weighted by Gasteiger charge is 2.02. The molecular formula is C13H11N5O. The first-order valence-corrected chi connectivity index (χ1v) is 5.67. The van der Waals surface area contributed by atoms with Crippen LogP contribution >= 0.6 is 0 Å². The van der Waals surface area contributed by atoms with Crippen LogP contribution in [0.5, 0.6) is 11.6 Å². The first-order valence-electron chi connectivity index (χ1n) is 5.67. The third-order valence-corrected chi connectivity index (χ3v) is 2.55. The molecule has 2 heterocycles. The monoisotopic (exact) mass is 253 g/mol. The molecule has 0 bridgehead atoms. The number of aromatic nitrogens is 3. The zero-order chi connectivity index (χ0) is 13.1. The summed E-state index contributed by atoms with van der Waals surface area (Å²) in [5.41, 5.74) is 3.28. The lowest BCUT2D eigenvalue weighted by Crippen LogP contribution is -2.10. The molecule has 0 radical (unpaired) electrons. The third-order valence-electron chi connectivity index (χ3n) is 2.55. The second-order valence-electron chi connectivity index (χ2n) is 3.83. The van der Waals surface area contributed by atoms with Crippen molar-refractivity contribution in [2.24, 2.45) is 5.84 Å². The fourth-order valence-electron chi connectivity index (χ4n) is 1.70. The molecule has 3 aromatic rings. The Kier molecular flexibility index (Phi) is 2.91. The first-order chi connectivity index (χ1) is 9.35. The van der Waals surface area contributed by atoms with E-state index in [-0.39, 0.29) is 0 Å². The van der Waals surface area contributed by atoms with Gasteiger partial charge < -0.3 is 4.74 Å². The lowest BCUT2D eigenvalue weighted by molar-refractivity contribution is 0.461. The van der Waals surface area contributed by atoms with Gasteiger partial charge in [-0.25, -0.2) is 10.8 Å². The van der Waals surface area contributed by atoms with Crippen LogP contribution in [0.25, 0.3) is 10.9 Å². The molecule has 0 saturated heterocycles. The summed E-state index contributed by atoms with van der Waals surface area (Å²) in [6.07, 6.45) is 3.21. The Morgan fingerprint density at radius 3 is 2.89 bits per heavy atom. The summed E-state index contributed by atoms with van der Waals surface area (Å²) in [6, 6.07) is 11.4. The van der Waals surface area contributed by atoms with Crippen molar-refractivity contribution >= 4 is 16.9 Å². The lowest BCUT2D eigenvalue weighted by Gasteiger charge is -2.06. The van der Waals surface area contributed by atoms with Crippen molar-refractivity contribution in [2.75, 3.05) is 5.43 Å². The molecule has 0 spiro atoms. The number of benzene rings is 1. The van der Waals surface area contributed by atoms with Crippen LogP contribution in [0.1, 0.15) is 0 Å². The third kappa shape index (κ3) is 2.43. The number of hydrogen-bond acceptors (Lipinski definition) is 6. The molecule has 1 aromatic carbocycles. The van der Waals surface area contributed by atoms with Gasteiger partial charge in [-0.1, -0.05) is 18.2 Å². The predicted molar refractivity (Wildman–Crippen MR) is 71.7 cm³/mol. The van der Waals surface area contributed by atoms with E-state index in [2.05, 4.69) is 20.4 Å². The van der Waals surface area contributed by atoms with Crippen molar-refractivity contribution in [3.8, 4) is 11.6 Å². The maximum atomic E-state index is 5.62. The van der Waals surface area contributed by atoms with Crippen molar-refractivity contribution in [3.63, 3.8) is 0 Å². The Hall–Kier alpha value is -2.73. The number of nitrogen functional groups attached to an aromatic ring is 1. The lowest BCUT2D eigenvalue weighted by atomic mass is 10.2. The highest BCUT2D eigenvalue weighted by atomic mass is 16.5. The number of hydrogen-bond donors (Lipinski definition) is 2. The van der Waals surface area contributed by atoms with Crippen LogP contribution in [0.3, 0.4) is 0 Å². The molecule has 0 fully saturated rings. The molecule has 6 heteroatoms. The summed E-state index contributed by atoms with van der Waals surface area (Å²) in [5, 5.41) is 1.01. The molecular weight excluding hydrogens is 242 g/mol. The Bertz CT molecular complexity index is 716. The van der Waals surface area contributed by atoms with E-state index >= 15 is 0 Å². The largest absolute Gasteiger partial charge is 0.437 e. The molecule has 0 unspecified atom stereocenters. The molecule has 0 atom stereocenters. The molecule has 2 aromatic heterocycles. The molecule has 0 aliphatic rings. The number of rotatable bonds is 3. The van der Waals surface area contributed by atoms with Gasteiger partial charge in [0.1, 0.15) is 5.75 Å². The van der Waals surface area contributed by atoms with Gasteiger partial charge in [0.05, 0.1) is 11.7 Å². The average molecular weight is 253 g/mol. The zero-order valence-corrected chi connectivity index (χ0v) is 9.95. The topological polar surface area (TPSA) is 86.0 Å². The first kappa shape index (κ1) is 11.4. The number of anilines is 1. The Morgan fingerprint density at radius 2 is 2.00 bits per heavy atom. The number of nitrogens with two attached hydrogens (primary N) is 1. The SMILES string of the molecule is NNc1nccc(Oc2cnc3ccccc3c2)n1. The number of pyridine rings is 1. The fourth-order valence-corrected chi connectivity index (χ4v) is 1.70. The van der Waals surface area contributed by atoms with E-state index < -0.39 is 0 Å². The Morgan fingerprint density at radius 1 is 1.11 bits per heavy atom. The molecule has 0 amide bonds. The Labute approximate surface area is 109 Å². The number of nitrogens with one attached hydrogen (secondary N) is 1. The summed E-state index contributed by atoms with van der Waals surface area (Å²) in [7, 11) is 0. The zero-order valence-electron chi connectivity index (χ0n) is 9.95. The highest BCUT2D eigenvalue weighted by molar-refractivity contribution is 5.79. The van der Waals surface area contributed by atoms with E-state index in [1.165, 1.54) is 0 Å². The Balaban J connectivity index is 1.92. The van der Waals surface area contributed by atoms with Crippen molar-refractivity contribution < 1.29 is 4.74 Å². The quantitative estimate of drug-likeness (QED) is 0.549. The molecule has 19 heavy (non-hydrogen) atoms. The van der Waals surface area contributed by atoms with E-state index in [9.17, 15) is 0 Å². The number of fused-ring (bicyclic) bond motifs is 1. The summed E-state index contributed by atoms with van der Waals surface area (Å²) < 4.78 is 5.62. The van der Waals surface area contributed by atoms with E-state index in [1.54, 1.807) is 18.5 Å². The van der Waals surface area contributed by atoms with Gasteiger partial charge in [0.15, 0.2) is 0 Å². The van der Waals surface area contributed by atoms with E-state index in [0.717, 1.165) is 10.9 Å². The van der Waals surface area contributed by atoms with Gasteiger partial charge in [-0.2, -0.15) is 4.98 Å². The molecule has 0 saturated carbocycles. The minimum absolute atomic E-state index is 0.297. The molecule has 0 aliphatic carbocycles. The van der Waals surface area contributed by atoms with E-state index in [1.807, 2.05) is 30.3 Å². The standard InChI is InChI=1S/C13H11N5O/c14-18-13-15-6-5-12(17-13)19-10-7-9-3-1-2-4-11(9)16-8-10/h1-8H,14H2,(H,15,17,18). The van der Waals surface area contributed by atoms with Gasteiger partial charge in [-0.15, -0.1) is 0 Å². The fraction of sp³-hybridized carbons (Fsp3) is 0. The molecule has 0 aliphatic heterocycles. The van der Waals surface area contributed by atoms with Crippen LogP contribution in [0.15, 0.2) is 48.8 Å². The van der Waals surface area contributed by atoms with Gasteiger partial charge in [-0.3, -0.25) is 10.4 Å². The summed E-state index contributed by atoms with van der Waals surface area (Å²) in [5.74, 6) is 6.56. The molecule has 3 N–H and O–H groups in total. The van der Waals surface area contributed by atoms with Crippen molar-refractivity contribution in [2.45, 2.75) is 0 Å². The van der Waals surface area contributed by atoms with Crippen LogP contribution in [-0.2, 0) is 0 Å². The van der Waals surface area contributed by atoms with Crippen molar-refractivity contribution in [1.29, 1.82) is 0 Å². The normalized spacial score (nSPS) is 10.4. The number of nitrogens with zero attached hydrogens (tertiary/aromatic N) is 3. The van der Waals surface area contributed by atoms with Gasteiger partial charge >= 0.3 is 0 Å². The maximum Gasteiger partial charge on any atom is 0.240 e.